The number of carbonyl (C=O) groups is 2. The highest BCUT2D eigenvalue weighted by atomic mass is 32.1. The van der Waals surface area contributed by atoms with Crippen LogP contribution in [0.15, 0.2) is 60.2 Å². The summed E-state index contributed by atoms with van der Waals surface area (Å²) in [7, 11) is 0. The van der Waals surface area contributed by atoms with Crippen molar-refractivity contribution in [1.29, 1.82) is 0 Å². The lowest BCUT2D eigenvalue weighted by Crippen LogP contribution is -2.40. The van der Waals surface area contributed by atoms with Gasteiger partial charge in [-0.3, -0.25) is 9.69 Å². The molecule has 1 aliphatic rings. The van der Waals surface area contributed by atoms with Crippen LogP contribution in [-0.2, 0) is 16.9 Å². The molecule has 9 nitrogen and oxygen atoms in total. The number of thiazole rings is 1. The van der Waals surface area contributed by atoms with Crippen molar-refractivity contribution in [2.75, 3.05) is 0 Å². The van der Waals surface area contributed by atoms with Gasteiger partial charge in [-0.1, -0.05) is 42.0 Å². The zero-order chi connectivity index (χ0) is 22.3. The average molecular weight is 446 g/mol. The van der Waals surface area contributed by atoms with Gasteiger partial charge in [0.15, 0.2) is 0 Å². The molecule has 32 heavy (non-hydrogen) atoms. The predicted octanol–water partition coefficient (Wildman–Crippen LogP) is 3.06. The van der Waals surface area contributed by atoms with Gasteiger partial charge in [0.1, 0.15) is 16.9 Å². The van der Waals surface area contributed by atoms with Gasteiger partial charge in [0.25, 0.3) is 5.91 Å². The Bertz CT molecular complexity index is 1300. The van der Waals surface area contributed by atoms with Crippen molar-refractivity contribution >= 4 is 23.3 Å². The Morgan fingerprint density at radius 1 is 1.12 bits per heavy atom. The topological polar surface area (TPSA) is 106 Å². The van der Waals surface area contributed by atoms with Gasteiger partial charge in [-0.25, -0.2) is 14.5 Å². The number of rotatable bonds is 5. The summed E-state index contributed by atoms with van der Waals surface area (Å²) < 4.78 is 1.49. The maximum Gasteiger partial charge on any atom is 0.325 e. The lowest BCUT2D eigenvalue weighted by atomic mass is 9.91. The molecular formula is C22H19N7O2S. The molecule has 1 fully saturated rings. The van der Waals surface area contributed by atoms with Crippen LogP contribution in [0.2, 0.25) is 0 Å². The summed E-state index contributed by atoms with van der Waals surface area (Å²) in [6.45, 7) is 3.84. The molecule has 2 aromatic carbocycles. The highest BCUT2D eigenvalue weighted by Gasteiger charge is 2.49. The van der Waals surface area contributed by atoms with Crippen LogP contribution < -0.4 is 5.32 Å². The number of benzene rings is 2. The molecule has 2 aromatic heterocycles. The molecule has 0 aliphatic carbocycles. The van der Waals surface area contributed by atoms with Crippen LogP contribution in [0.1, 0.15) is 23.7 Å². The van der Waals surface area contributed by atoms with E-state index in [9.17, 15) is 9.59 Å². The van der Waals surface area contributed by atoms with E-state index in [4.69, 9.17) is 0 Å². The summed E-state index contributed by atoms with van der Waals surface area (Å²) in [4.78, 5) is 31.9. The van der Waals surface area contributed by atoms with E-state index in [1.54, 1.807) is 25.1 Å². The zero-order valence-corrected chi connectivity index (χ0v) is 18.2. The summed E-state index contributed by atoms with van der Waals surface area (Å²) >= 11 is 1.49. The largest absolute Gasteiger partial charge is 0.325 e. The van der Waals surface area contributed by atoms with Crippen LogP contribution >= 0.6 is 11.3 Å². The first-order valence-electron chi connectivity index (χ1n) is 9.93. The van der Waals surface area contributed by atoms with E-state index in [1.807, 2.05) is 42.6 Å². The van der Waals surface area contributed by atoms with Crippen molar-refractivity contribution in [3.05, 3.63) is 77.1 Å². The van der Waals surface area contributed by atoms with E-state index in [0.29, 0.717) is 16.9 Å². The highest BCUT2D eigenvalue weighted by Crippen LogP contribution is 2.32. The number of aryl methyl sites for hydroxylation is 1. The lowest BCUT2D eigenvalue weighted by molar-refractivity contribution is -0.131. The minimum atomic E-state index is -1.20. The fourth-order valence-electron chi connectivity index (χ4n) is 3.65. The predicted molar refractivity (Wildman–Crippen MR) is 118 cm³/mol. The third kappa shape index (κ3) is 3.44. The maximum atomic E-state index is 13.3. The first kappa shape index (κ1) is 20.0. The first-order valence-corrected chi connectivity index (χ1v) is 10.8. The van der Waals surface area contributed by atoms with Gasteiger partial charge in [-0.05, 0) is 42.0 Å². The number of hydrogen-bond donors (Lipinski definition) is 1. The number of urea groups is 1. The van der Waals surface area contributed by atoms with E-state index < -0.39 is 11.6 Å². The van der Waals surface area contributed by atoms with E-state index >= 15 is 0 Å². The van der Waals surface area contributed by atoms with E-state index in [-0.39, 0.29) is 12.5 Å². The number of carbonyl (C=O) groups excluding carboxylic acids is 2. The van der Waals surface area contributed by atoms with Crippen molar-refractivity contribution in [3.8, 4) is 16.3 Å². The molecule has 1 aliphatic heterocycles. The second kappa shape index (κ2) is 7.65. The molecule has 5 rings (SSSR count). The number of aromatic nitrogens is 5. The van der Waals surface area contributed by atoms with Crippen LogP contribution in [0.5, 0.6) is 0 Å². The van der Waals surface area contributed by atoms with Crippen LogP contribution in [-0.4, -0.2) is 42.0 Å². The van der Waals surface area contributed by atoms with Gasteiger partial charge >= 0.3 is 6.03 Å². The van der Waals surface area contributed by atoms with Gasteiger partial charge in [0.2, 0.25) is 0 Å². The molecule has 0 bridgehead atoms. The lowest BCUT2D eigenvalue weighted by Gasteiger charge is -2.22. The summed E-state index contributed by atoms with van der Waals surface area (Å²) in [6.07, 6.45) is 1.47. The number of tetrazole rings is 1. The van der Waals surface area contributed by atoms with Crippen molar-refractivity contribution in [1.82, 2.24) is 35.4 Å². The highest BCUT2D eigenvalue weighted by molar-refractivity contribution is 7.13. The monoisotopic (exact) mass is 445 g/mol. The molecule has 3 heterocycles. The number of nitrogens with one attached hydrogen (secondary N) is 1. The van der Waals surface area contributed by atoms with Gasteiger partial charge in [-0.15, -0.1) is 16.4 Å². The molecule has 0 radical (unpaired) electrons. The van der Waals surface area contributed by atoms with Gasteiger partial charge in [-0.2, -0.15) is 0 Å². The van der Waals surface area contributed by atoms with Crippen molar-refractivity contribution in [2.45, 2.75) is 25.9 Å². The summed E-state index contributed by atoms with van der Waals surface area (Å²) in [5, 5.41) is 16.7. The fraction of sp³-hybridized carbons (Fsp3) is 0.182. The van der Waals surface area contributed by atoms with Crippen LogP contribution in [0, 0.1) is 6.92 Å². The second-order valence-electron chi connectivity index (χ2n) is 7.76. The normalized spacial score (nSPS) is 18.2. The Morgan fingerprint density at radius 3 is 2.69 bits per heavy atom. The van der Waals surface area contributed by atoms with E-state index in [0.717, 1.165) is 10.6 Å². The summed E-state index contributed by atoms with van der Waals surface area (Å²) in [5.74, 6) is -0.332. The molecule has 160 valence electrons. The molecular weight excluding hydrogens is 426 g/mol. The van der Waals surface area contributed by atoms with Crippen LogP contribution in [0.3, 0.4) is 0 Å². The Kier molecular flexibility index (Phi) is 4.78. The van der Waals surface area contributed by atoms with E-state index in [1.165, 1.54) is 32.8 Å². The minimum absolute atomic E-state index is 0.106. The third-order valence-corrected chi connectivity index (χ3v) is 6.42. The standard InChI is InChI=1S/C22H19N7O2S/c1-14-6-8-15(9-7-14)19-24-17(12-32-19)11-28-20(30)22(2,25-21(28)31)16-4-3-5-18(10-16)29-13-23-26-27-29/h3-10,12-13H,11H2,1-2H3,(H,25,31)/t22-/m1/s1. The smallest absolute Gasteiger partial charge is 0.319 e. The Labute approximate surface area is 187 Å². The Hall–Kier alpha value is -3.92. The number of imide groups is 1. The molecule has 1 atom stereocenters. The Balaban J connectivity index is 1.39. The SMILES string of the molecule is Cc1ccc(-c2nc(CN3C(=O)N[C@](C)(c4cccc(-n5cnnn5)c4)C3=O)cs2)cc1. The number of hydrogen-bond acceptors (Lipinski definition) is 7. The van der Waals surface area contributed by atoms with Gasteiger partial charge < -0.3 is 5.32 Å². The molecule has 0 unspecified atom stereocenters. The zero-order valence-electron chi connectivity index (χ0n) is 17.4. The summed E-state index contributed by atoms with van der Waals surface area (Å²) in [5.41, 5.74) is 2.99. The molecule has 0 saturated carbocycles. The van der Waals surface area contributed by atoms with Crippen molar-refractivity contribution in [2.24, 2.45) is 0 Å². The second-order valence-corrected chi connectivity index (χ2v) is 8.62. The van der Waals surface area contributed by atoms with Gasteiger partial charge in [0.05, 0.1) is 17.9 Å². The minimum Gasteiger partial charge on any atom is -0.319 e. The Morgan fingerprint density at radius 2 is 1.94 bits per heavy atom. The maximum absolute atomic E-state index is 13.3. The molecule has 3 amide bonds. The van der Waals surface area contributed by atoms with Gasteiger partial charge in [0, 0.05) is 10.9 Å². The average Bonchev–Trinajstić information content (AvgIpc) is 3.53. The first-order chi connectivity index (χ1) is 15.4. The number of amides is 3. The fourth-order valence-corrected chi connectivity index (χ4v) is 4.46. The molecule has 4 aromatic rings. The molecule has 1 N–H and O–H groups in total. The van der Waals surface area contributed by atoms with Crippen LogP contribution in [0.25, 0.3) is 16.3 Å². The molecule has 10 heteroatoms. The molecule has 0 spiro atoms. The van der Waals surface area contributed by atoms with Crippen LogP contribution in [0.4, 0.5) is 4.79 Å². The van der Waals surface area contributed by atoms with E-state index in [2.05, 4.69) is 25.8 Å². The summed E-state index contributed by atoms with van der Waals surface area (Å²) in [6, 6.07) is 14.9. The third-order valence-electron chi connectivity index (χ3n) is 5.48. The van der Waals surface area contributed by atoms with Crippen molar-refractivity contribution < 1.29 is 9.59 Å². The van der Waals surface area contributed by atoms with Crippen molar-refractivity contribution in [3.63, 3.8) is 0 Å². The number of nitrogens with zero attached hydrogens (tertiary/aromatic N) is 6. The molecule has 1 saturated heterocycles. The quantitative estimate of drug-likeness (QED) is 0.473.